The zero-order valence-corrected chi connectivity index (χ0v) is 10.3. The van der Waals surface area contributed by atoms with Crippen LogP contribution in [-0.2, 0) is 4.79 Å². The number of fused-ring (bicyclic) bond motifs is 1. The summed E-state index contributed by atoms with van der Waals surface area (Å²) in [6.45, 7) is 1.80. The highest BCUT2D eigenvalue weighted by Gasteiger charge is 2.26. The van der Waals surface area contributed by atoms with Crippen molar-refractivity contribution in [1.82, 2.24) is 10.4 Å². The molecule has 0 spiro atoms. The number of nitrogens with zero attached hydrogens (tertiary/aromatic N) is 3. The third-order valence-corrected chi connectivity index (χ3v) is 2.73. The van der Waals surface area contributed by atoms with Crippen molar-refractivity contribution in [1.29, 1.82) is 0 Å². The largest absolute Gasteiger partial charge is 0.461 e. The third kappa shape index (κ3) is 1.97. The van der Waals surface area contributed by atoms with Gasteiger partial charge in [-0.05, 0) is 24.3 Å². The number of rotatable bonds is 2. The van der Waals surface area contributed by atoms with Gasteiger partial charge in [0.05, 0.1) is 6.26 Å². The SMILES string of the molecule is CCC(=O)N1NC(c2ccco2)=Nc2cccnc21. The van der Waals surface area contributed by atoms with E-state index in [2.05, 4.69) is 15.4 Å². The summed E-state index contributed by atoms with van der Waals surface area (Å²) in [7, 11) is 0. The van der Waals surface area contributed by atoms with Crippen LogP contribution >= 0.6 is 0 Å². The number of furan rings is 1. The Kier molecular flexibility index (Phi) is 2.75. The fraction of sp³-hybridized carbons (Fsp3) is 0.154. The molecule has 0 aliphatic carbocycles. The van der Waals surface area contributed by atoms with Gasteiger partial charge in [-0.2, -0.15) is 0 Å². The summed E-state index contributed by atoms with van der Waals surface area (Å²) in [4.78, 5) is 20.6. The number of nitrogens with one attached hydrogen (secondary N) is 1. The summed E-state index contributed by atoms with van der Waals surface area (Å²) in [6.07, 6.45) is 3.56. The van der Waals surface area contributed by atoms with Crippen LogP contribution in [0.5, 0.6) is 0 Å². The van der Waals surface area contributed by atoms with Gasteiger partial charge in [-0.1, -0.05) is 6.92 Å². The quantitative estimate of drug-likeness (QED) is 0.892. The number of pyridine rings is 1. The number of amides is 1. The van der Waals surface area contributed by atoms with E-state index in [-0.39, 0.29) is 5.91 Å². The van der Waals surface area contributed by atoms with Gasteiger partial charge < -0.3 is 4.42 Å². The van der Waals surface area contributed by atoms with Gasteiger partial charge in [-0.15, -0.1) is 0 Å². The zero-order chi connectivity index (χ0) is 13.2. The molecule has 6 heteroatoms. The topological polar surface area (TPSA) is 70.7 Å². The Morgan fingerprint density at radius 1 is 1.42 bits per heavy atom. The molecular weight excluding hydrogens is 244 g/mol. The van der Waals surface area contributed by atoms with Crippen molar-refractivity contribution in [3.05, 3.63) is 42.5 Å². The lowest BCUT2D eigenvalue weighted by Gasteiger charge is -2.27. The van der Waals surface area contributed by atoms with Crippen molar-refractivity contribution in [2.45, 2.75) is 13.3 Å². The Morgan fingerprint density at radius 3 is 3.05 bits per heavy atom. The van der Waals surface area contributed by atoms with E-state index in [1.807, 2.05) is 6.07 Å². The minimum atomic E-state index is -0.0843. The molecule has 0 bridgehead atoms. The molecule has 1 aliphatic heterocycles. The van der Waals surface area contributed by atoms with E-state index in [4.69, 9.17) is 4.42 Å². The second-order valence-electron chi connectivity index (χ2n) is 3.98. The number of aromatic nitrogens is 1. The zero-order valence-electron chi connectivity index (χ0n) is 10.3. The van der Waals surface area contributed by atoms with Crippen LogP contribution in [0.1, 0.15) is 19.1 Å². The molecule has 0 saturated heterocycles. The molecule has 2 aromatic rings. The molecule has 96 valence electrons. The molecule has 1 N–H and O–H groups in total. The van der Waals surface area contributed by atoms with Gasteiger partial charge in [-0.3, -0.25) is 10.2 Å². The third-order valence-electron chi connectivity index (χ3n) is 2.73. The van der Waals surface area contributed by atoms with E-state index >= 15 is 0 Å². The maximum Gasteiger partial charge on any atom is 0.246 e. The number of hydrogen-bond donors (Lipinski definition) is 1. The van der Waals surface area contributed by atoms with Crippen LogP contribution in [0.2, 0.25) is 0 Å². The number of amidine groups is 1. The molecule has 3 rings (SSSR count). The van der Waals surface area contributed by atoms with E-state index in [0.717, 1.165) is 0 Å². The van der Waals surface area contributed by atoms with Gasteiger partial charge in [-0.25, -0.2) is 15.0 Å². The minimum absolute atomic E-state index is 0.0843. The first-order chi connectivity index (χ1) is 9.29. The van der Waals surface area contributed by atoms with Crippen LogP contribution in [0.15, 0.2) is 46.1 Å². The highest BCUT2D eigenvalue weighted by atomic mass is 16.3. The van der Waals surface area contributed by atoms with Crippen LogP contribution < -0.4 is 10.4 Å². The Balaban J connectivity index is 2.08. The summed E-state index contributed by atoms with van der Waals surface area (Å²) in [6, 6.07) is 7.14. The molecular formula is C13H12N4O2. The molecule has 19 heavy (non-hydrogen) atoms. The second kappa shape index (κ2) is 4.56. The van der Waals surface area contributed by atoms with Crippen molar-refractivity contribution in [2.24, 2.45) is 4.99 Å². The van der Waals surface area contributed by atoms with Crippen LogP contribution in [0.4, 0.5) is 11.5 Å². The fourth-order valence-electron chi connectivity index (χ4n) is 1.81. The highest BCUT2D eigenvalue weighted by Crippen LogP contribution is 2.29. The predicted molar refractivity (Wildman–Crippen MR) is 70.1 cm³/mol. The Morgan fingerprint density at radius 2 is 2.32 bits per heavy atom. The van der Waals surface area contributed by atoms with Gasteiger partial charge in [0.2, 0.25) is 5.91 Å². The molecule has 3 heterocycles. The van der Waals surface area contributed by atoms with E-state index in [0.29, 0.717) is 29.5 Å². The highest BCUT2D eigenvalue weighted by molar-refractivity contribution is 6.07. The average Bonchev–Trinajstić information content (AvgIpc) is 2.99. The molecule has 2 aromatic heterocycles. The maximum absolute atomic E-state index is 12.0. The van der Waals surface area contributed by atoms with Crippen LogP contribution in [0.25, 0.3) is 0 Å². The average molecular weight is 256 g/mol. The van der Waals surface area contributed by atoms with Crippen molar-refractivity contribution >= 4 is 23.2 Å². The lowest BCUT2D eigenvalue weighted by molar-refractivity contribution is -0.118. The lowest BCUT2D eigenvalue weighted by Crippen LogP contribution is -2.48. The fourth-order valence-corrected chi connectivity index (χ4v) is 1.81. The Hall–Kier alpha value is -2.63. The number of carbonyl (C=O) groups excluding carboxylic acids is 1. The standard InChI is InChI=1S/C13H12N4O2/c1-2-11(18)17-13-9(5-3-7-14-13)15-12(16-17)10-6-4-8-19-10/h3-8H,2H2,1H3,(H,15,16). The maximum atomic E-state index is 12.0. The van der Waals surface area contributed by atoms with E-state index in [1.165, 1.54) is 5.01 Å². The molecule has 0 atom stereocenters. The lowest BCUT2D eigenvalue weighted by atomic mass is 10.3. The molecule has 1 aliphatic rings. The first kappa shape index (κ1) is 11.5. The molecule has 0 unspecified atom stereocenters. The summed E-state index contributed by atoms with van der Waals surface area (Å²) in [5.74, 6) is 1.49. The second-order valence-corrected chi connectivity index (χ2v) is 3.98. The molecule has 0 fully saturated rings. The van der Waals surface area contributed by atoms with Crippen LogP contribution in [0, 0.1) is 0 Å². The number of hydrazine groups is 1. The summed E-state index contributed by atoms with van der Waals surface area (Å²) < 4.78 is 5.30. The monoisotopic (exact) mass is 256 g/mol. The smallest absolute Gasteiger partial charge is 0.246 e. The van der Waals surface area contributed by atoms with Gasteiger partial charge >= 0.3 is 0 Å². The molecule has 1 amide bonds. The number of aliphatic imine (C=N–C) groups is 1. The molecule has 0 saturated carbocycles. The molecule has 0 aromatic carbocycles. The summed E-state index contributed by atoms with van der Waals surface area (Å²) in [5.41, 5.74) is 3.57. The van der Waals surface area contributed by atoms with Gasteiger partial charge in [0.25, 0.3) is 0 Å². The molecule has 6 nitrogen and oxygen atoms in total. The summed E-state index contributed by atoms with van der Waals surface area (Å²) in [5, 5.41) is 1.40. The van der Waals surface area contributed by atoms with Crippen molar-refractivity contribution in [3.8, 4) is 0 Å². The van der Waals surface area contributed by atoms with Crippen LogP contribution in [0.3, 0.4) is 0 Å². The number of carbonyl (C=O) groups is 1. The first-order valence-electron chi connectivity index (χ1n) is 5.97. The van der Waals surface area contributed by atoms with Crippen molar-refractivity contribution in [2.75, 3.05) is 5.01 Å². The predicted octanol–water partition coefficient (Wildman–Crippen LogP) is 2.01. The first-order valence-corrected chi connectivity index (χ1v) is 5.97. The van der Waals surface area contributed by atoms with Gasteiger partial charge in [0.1, 0.15) is 5.69 Å². The van der Waals surface area contributed by atoms with E-state index < -0.39 is 0 Å². The Bertz CT molecular complexity index is 634. The molecule has 0 radical (unpaired) electrons. The van der Waals surface area contributed by atoms with Gasteiger partial charge in [0, 0.05) is 12.6 Å². The number of anilines is 1. The van der Waals surface area contributed by atoms with Crippen LogP contribution in [-0.4, -0.2) is 16.7 Å². The Labute approximate surface area is 109 Å². The van der Waals surface area contributed by atoms with Crippen molar-refractivity contribution in [3.63, 3.8) is 0 Å². The normalized spacial score (nSPS) is 13.5. The van der Waals surface area contributed by atoms with E-state index in [1.54, 1.807) is 37.6 Å². The van der Waals surface area contributed by atoms with Gasteiger partial charge in [0.15, 0.2) is 17.4 Å². The summed E-state index contributed by atoms with van der Waals surface area (Å²) >= 11 is 0. The number of hydrogen-bond acceptors (Lipinski definition) is 5. The van der Waals surface area contributed by atoms with Crippen molar-refractivity contribution < 1.29 is 9.21 Å². The van der Waals surface area contributed by atoms with E-state index in [9.17, 15) is 4.79 Å². The minimum Gasteiger partial charge on any atom is -0.461 e.